The Morgan fingerprint density at radius 3 is 1.08 bits per heavy atom. The predicted octanol–water partition coefficient (Wildman–Crippen LogP) is 7.11. The second-order valence-corrected chi connectivity index (χ2v) is 14.4. The molecule has 2 aliphatic rings. The Hall–Kier alpha value is -2.96. The van der Waals surface area contributed by atoms with Crippen molar-refractivity contribution in [2.24, 2.45) is 0 Å². The average Bonchev–Trinajstić information content (AvgIpc) is 2.69. The maximum atomic E-state index is 13.4. The lowest BCUT2D eigenvalue weighted by Gasteiger charge is -2.48. The number of fused-ring (bicyclic) bond motifs is 2. The van der Waals surface area contributed by atoms with Crippen LogP contribution in [0.1, 0.15) is 126 Å². The zero-order valence-corrected chi connectivity index (χ0v) is 24.3. The van der Waals surface area contributed by atoms with E-state index in [1.54, 1.807) is 12.1 Å². The molecule has 7 heteroatoms. The minimum atomic E-state index is -3.20. The van der Waals surface area contributed by atoms with Crippen LogP contribution in [0, 0.1) is 0 Å². The van der Waals surface area contributed by atoms with E-state index in [4.69, 9.17) is 18.6 Å². The van der Waals surface area contributed by atoms with Crippen LogP contribution in [0.4, 0.5) is 0 Å². The first-order valence-corrected chi connectivity index (χ1v) is 13.0. The summed E-state index contributed by atoms with van der Waals surface area (Å²) in [6.45, 7) is 21.6. The molecule has 0 aromatic heterocycles. The van der Waals surface area contributed by atoms with Crippen molar-refractivity contribution in [3.8, 4) is 11.5 Å². The summed E-state index contributed by atoms with van der Waals surface area (Å²) in [5, 5.41) is 0. The largest absolute Gasteiger partial charge is 0.781 e. The molecule has 0 atom stereocenters. The fourth-order valence-electron chi connectivity index (χ4n) is 4.62. The summed E-state index contributed by atoms with van der Waals surface area (Å²) in [6, 6.07) is 7.70. The molecule has 0 fully saturated rings. The second kappa shape index (κ2) is 8.02. The Morgan fingerprint density at radius 2 is 0.811 bits per heavy atom. The number of rotatable bonds is 0. The van der Waals surface area contributed by atoms with E-state index < -0.39 is 18.9 Å². The molecule has 200 valence electrons. The molecule has 4 rings (SSSR count). The van der Waals surface area contributed by atoms with Crippen molar-refractivity contribution >= 4 is 18.9 Å². The third kappa shape index (κ3) is 4.85. The van der Waals surface area contributed by atoms with Gasteiger partial charge in [0, 0.05) is 0 Å². The molecular formula is C30H40BO6-. The lowest BCUT2D eigenvalue weighted by Crippen LogP contribution is -2.61. The van der Waals surface area contributed by atoms with Crippen molar-refractivity contribution in [3.63, 3.8) is 0 Å². The molecule has 0 bridgehead atoms. The van der Waals surface area contributed by atoms with E-state index >= 15 is 0 Å². The molecule has 0 saturated heterocycles. The highest BCUT2D eigenvalue weighted by Gasteiger charge is 2.54. The van der Waals surface area contributed by atoms with Gasteiger partial charge in [-0.1, -0.05) is 95.2 Å². The minimum absolute atomic E-state index is 0.200. The molecular weight excluding hydrogens is 467 g/mol. The van der Waals surface area contributed by atoms with Crippen LogP contribution in [0.15, 0.2) is 24.3 Å². The number of carbonyl (C=O) groups excluding carboxylic acids is 2. The van der Waals surface area contributed by atoms with Crippen LogP contribution in [-0.2, 0) is 31.0 Å². The van der Waals surface area contributed by atoms with Gasteiger partial charge in [-0.25, -0.2) is 0 Å². The molecule has 2 aromatic carbocycles. The molecule has 37 heavy (non-hydrogen) atoms. The van der Waals surface area contributed by atoms with Gasteiger partial charge in [-0.3, -0.25) is 9.59 Å². The smallest absolute Gasteiger partial charge is 0.610 e. The van der Waals surface area contributed by atoms with E-state index in [1.807, 2.05) is 41.5 Å². The Morgan fingerprint density at radius 1 is 0.486 bits per heavy atom. The second-order valence-electron chi connectivity index (χ2n) is 14.4. The topological polar surface area (TPSA) is 71.1 Å². The first-order chi connectivity index (χ1) is 16.6. The van der Waals surface area contributed by atoms with E-state index in [0.29, 0.717) is 22.6 Å². The van der Waals surface area contributed by atoms with Gasteiger partial charge in [0.25, 0.3) is 0 Å². The van der Waals surface area contributed by atoms with Gasteiger partial charge in [0.05, 0.1) is 22.6 Å². The summed E-state index contributed by atoms with van der Waals surface area (Å²) in [4.78, 5) is 26.9. The molecule has 0 radical (unpaired) electrons. The van der Waals surface area contributed by atoms with Crippen molar-refractivity contribution < 1.29 is 28.2 Å². The van der Waals surface area contributed by atoms with Crippen LogP contribution in [0.25, 0.3) is 0 Å². The molecule has 0 N–H and O–H groups in total. The lowest BCUT2D eigenvalue weighted by atomic mass is 9.77. The fourth-order valence-corrected chi connectivity index (χ4v) is 4.62. The summed E-state index contributed by atoms with van der Waals surface area (Å²) < 4.78 is 24.0. The Bertz CT molecular complexity index is 1190. The van der Waals surface area contributed by atoms with Crippen LogP contribution < -0.4 is 9.31 Å². The van der Waals surface area contributed by atoms with Crippen molar-refractivity contribution in [2.75, 3.05) is 0 Å². The predicted molar refractivity (Wildman–Crippen MR) is 146 cm³/mol. The molecule has 1 spiro atoms. The highest BCUT2D eigenvalue weighted by molar-refractivity contribution is 6.61. The Balaban J connectivity index is 1.90. The van der Waals surface area contributed by atoms with Gasteiger partial charge in [-0.2, -0.15) is 0 Å². The monoisotopic (exact) mass is 507 g/mol. The third-order valence-corrected chi connectivity index (χ3v) is 6.99. The van der Waals surface area contributed by atoms with Crippen LogP contribution in [0.2, 0.25) is 0 Å². The standard InChI is InChI=1S/C30H40BO6/c1-27(2,3)17-13-19-23(21(15-17)29(7,8)9)34-31(36-25(19)32)35-24-20(26(33)37-31)14-18(28(4,5)6)16-22(24)30(10,11)12/h13-16H,1-12H3/q-1. The van der Waals surface area contributed by atoms with Crippen LogP contribution in [-0.4, -0.2) is 18.9 Å². The van der Waals surface area contributed by atoms with Crippen LogP contribution in [0.3, 0.4) is 0 Å². The van der Waals surface area contributed by atoms with Crippen molar-refractivity contribution in [2.45, 2.75) is 105 Å². The molecule has 2 aliphatic heterocycles. The van der Waals surface area contributed by atoms with Gasteiger partial charge in [0.1, 0.15) is 0 Å². The molecule has 0 unspecified atom stereocenters. The van der Waals surface area contributed by atoms with Gasteiger partial charge in [-0.05, 0) is 56.0 Å². The highest BCUT2D eigenvalue weighted by Crippen LogP contribution is 2.46. The van der Waals surface area contributed by atoms with Crippen molar-refractivity contribution in [3.05, 3.63) is 57.6 Å². The highest BCUT2D eigenvalue weighted by atomic mass is 16.9. The number of hydrogen-bond donors (Lipinski definition) is 0. The van der Waals surface area contributed by atoms with Gasteiger partial charge in [-0.15, -0.1) is 0 Å². The van der Waals surface area contributed by atoms with E-state index in [-0.39, 0.29) is 21.7 Å². The Kier molecular flexibility index (Phi) is 5.87. The van der Waals surface area contributed by atoms with Crippen LogP contribution in [0.5, 0.6) is 11.5 Å². The first-order valence-electron chi connectivity index (χ1n) is 13.0. The first kappa shape index (κ1) is 27.1. The summed E-state index contributed by atoms with van der Waals surface area (Å²) in [7, 11) is 0. The Labute approximate surface area is 221 Å². The van der Waals surface area contributed by atoms with E-state index in [2.05, 4.69) is 53.7 Å². The third-order valence-electron chi connectivity index (χ3n) is 6.99. The fraction of sp³-hybridized carbons (Fsp3) is 0.533. The van der Waals surface area contributed by atoms with Gasteiger partial charge in [0.2, 0.25) is 0 Å². The average molecular weight is 507 g/mol. The molecule has 0 saturated carbocycles. The SMILES string of the molecule is CC(C)(C)c1cc2c(c(C(C)(C)C)c1)O[B-]1(OC2=O)OC(=O)c2cc(C(C)(C)C)cc(C(C)(C)C)c2O1. The van der Waals surface area contributed by atoms with Gasteiger partial charge < -0.3 is 18.6 Å². The summed E-state index contributed by atoms with van der Waals surface area (Å²) in [5.41, 5.74) is 3.07. The zero-order valence-electron chi connectivity index (χ0n) is 24.3. The number of hydrogen-bond acceptors (Lipinski definition) is 6. The summed E-state index contributed by atoms with van der Waals surface area (Å²) in [6.07, 6.45) is 0. The summed E-state index contributed by atoms with van der Waals surface area (Å²) in [5.74, 6) is -0.622. The number of carbonyl (C=O) groups is 2. The number of benzene rings is 2. The lowest BCUT2D eigenvalue weighted by molar-refractivity contribution is 0.0171. The van der Waals surface area contributed by atoms with E-state index in [1.165, 1.54) is 0 Å². The van der Waals surface area contributed by atoms with Crippen molar-refractivity contribution in [1.82, 2.24) is 0 Å². The van der Waals surface area contributed by atoms with E-state index in [9.17, 15) is 9.59 Å². The van der Waals surface area contributed by atoms with Crippen LogP contribution >= 0.6 is 0 Å². The molecule has 0 aliphatic carbocycles. The molecule has 0 amide bonds. The zero-order chi connectivity index (χ0) is 27.9. The molecule has 2 aromatic rings. The van der Waals surface area contributed by atoms with Gasteiger partial charge in [0.15, 0.2) is 0 Å². The molecule has 6 nitrogen and oxygen atoms in total. The maximum Gasteiger partial charge on any atom is 0.781 e. The van der Waals surface area contributed by atoms with Gasteiger partial charge >= 0.3 is 18.9 Å². The normalized spacial score (nSPS) is 17.3. The minimum Gasteiger partial charge on any atom is -0.610 e. The maximum absolute atomic E-state index is 13.4. The molecule has 2 heterocycles. The van der Waals surface area contributed by atoms with E-state index in [0.717, 1.165) is 22.3 Å². The summed E-state index contributed by atoms with van der Waals surface area (Å²) >= 11 is 0. The van der Waals surface area contributed by atoms with Crippen molar-refractivity contribution in [1.29, 1.82) is 0 Å². The quantitative estimate of drug-likeness (QED) is 0.354.